The van der Waals surface area contributed by atoms with Crippen molar-refractivity contribution in [2.75, 3.05) is 7.05 Å². The van der Waals surface area contributed by atoms with E-state index in [1.54, 1.807) is 14.0 Å². The average Bonchev–Trinajstić information content (AvgIpc) is 2.18. The van der Waals surface area contributed by atoms with Gasteiger partial charge >= 0.3 is 0 Å². The molecule has 82 valence electrons. The summed E-state index contributed by atoms with van der Waals surface area (Å²) in [5, 5.41) is 2.63. The highest BCUT2D eigenvalue weighted by Crippen LogP contribution is 2.19. The number of nitrogens with one attached hydrogen (secondary N) is 1. The number of ketones is 1. The van der Waals surface area contributed by atoms with Crippen molar-refractivity contribution in [1.29, 1.82) is 0 Å². The molecule has 3 heteroatoms. The normalized spacial score (nSPS) is 14.6. The van der Waals surface area contributed by atoms with Gasteiger partial charge in [-0.3, -0.25) is 9.59 Å². The molecule has 0 rings (SSSR count). The van der Waals surface area contributed by atoms with Crippen molar-refractivity contribution in [3.8, 4) is 0 Å². The summed E-state index contributed by atoms with van der Waals surface area (Å²) in [6.45, 7) is 5.57. The Kier molecular flexibility index (Phi) is 6.17. The van der Waals surface area contributed by atoms with Gasteiger partial charge in [0, 0.05) is 18.9 Å². The third-order valence-corrected chi connectivity index (χ3v) is 2.75. The van der Waals surface area contributed by atoms with Crippen molar-refractivity contribution in [3.05, 3.63) is 0 Å². The molecular formula is C11H21NO2. The number of hydrogen-bond donors (Lipinski definition) is 1. The van der Waals surface area contributed by atoms with E-state index < -0.39 is 0 Å². The standard InChI is InChI=1S/C11H21NO2/c1-5-9(8(3)13)7-10(6-2)11(14)12-4/h9-10H,5-7H2,1-4H3,(H,12,14). The molecule has 0 aromatic rings. The summed E-state index contributed by atoms with van der Waals surface area (Å²) >= 11 is 0. The molecule has 0 heterocycles. The maximum Gasteiger partial charge on any atom is 0.222 e. The van der Waals surface area contributed by atoms with Crippen LogP contribution in [-0.2, 0) is 9.59 Å². The van der Waals surface area contributed by atoms with Gasteiger partial charge in [-0.05, 0) is 26.2 Å². The summed E-state index contributed by atoms with van der Waals surface area (Å²) in [6.07, 6.45) is 2.30. The third-order valence-electron chi connectivity index (χ3n) is 2.75. The second kappa shape index (κ2) is 6.57. The average molecular weight is 199 g/mol. The molecule has 2 atom stereocenters. The van der Waals surface area contributed by atoms with Gasteiger partial charge in [0.2, 0.25) is 5.91 Å². The topological polar surface area (TPSA) is 46.2 Å². The third kappa shape index (κ3) is 3.90. The molecule has 0 aromatic carbocycles. The predicted octanol–water partition coefficient (Wildman–Crippen LogP) is 1.76. The van der Waals surface area contributed by atoms with Crippen molar-refractivity contribution in [1.82, 2.24) is 5.32 Å². The summed E-state index contributed by atoms with van der Waals surface area (Å²) in [4.78, 5) is 22.6. The lowest BCUT2D eigenvalue weighted by molar-refractivity contribution is -0.126. The van der Waals surface area contributed by atoms with E-state index in [1.807, 2.05) is 13.8 Å². The molecule has 14 heavy (non-hydrogen) atoms. The number of carbonyl (C=O) groups excluding carboxylic acids is 2. The molecule has 2 unspecified atom stereocenters. The van der Waals surface area contributed by atoms with Gasteiger partial charge in [-0.2, -0.15) is 0 Å². The minimum atomic E-state index is -0.0196. The molecule has 0 spiro atoms. The lowest BCUT2D eigenvalue weighted by Crippen LogP contribution is -2.29. The van der Waals surface area contributed by atoms with Crippen molar-refractivity contribution in [2.45, 2.75) is 40.0 Å². The zero-order chi connectivity index (χ0) is 11.1. The Morgan fingerprint density at radius 2 is 1.64 bits per heavy atom. The van der Waals surface area contributed by atoms with Crippen LogP contribution in [0.4, 0.5) is 0 Å². The van der Waals surface area contributed by atoms with E-state index in [0.29, 0.717) is 6.42 Å². The van der Waals surface area contributed by atoms with Gasteiger partial charge in [0.15, 0.2) is 0 Å². The molecule has 0 radical (unpaired) electrons. The summed E-state index contributed by atoms with van der Waals surface area (Å²) in [5.74, 6) is 0.258. The summed E-state index contributed by atoms with van der Waals surface area (Å²) in [7, 11) is 1.64. The van der Waals surface area contributed by atoms with Gasteiger partial charge in [0.25, 0.3) is 0 Å². The van der Waals surface area contributed by atoms with Crippen LogP contribution in [-0.4, -0.2) is 18.7 Å². The van der Waals surface area contributed by atoms with Gasteiger partial charge < -0.3 is 5.32 Å². The molecule has 3 nitrogen and oxygen atoms in total. The second-order valence-corrected chi connectivity index (χ2v) is 3.67. The van der Waals surface area contributed by atoms with Gasteiger partial charge in [-0.25, -0.2) is 0 Å². The molecule has 0 aliphatic heterocycles. The lowest BCUT2D eigenvalue weighted by atomic mass is 9.88. The Labute approximate surface area is 86.3 Å². The first-order valence-corrected chi connectivity index (χ1v) is 5.28. The Morgan fingerprint density at radius 3 is 1.93 bits per heavy atom. The van der Waals surface area contributed by atoms with Gasteiger partial charge in [-0.1, -0.05) is 13.8 Å². The van der Waals surface area contributed by atoms with Crippen LogP contribution in [0.5, 0.6) is 0 Å². The number of rotatable bonds is 6. The molecule has 0 saturated heterocycles. The van der Waals surface area contributed by atoms with Crippen LogP contribution in [0.3, 0.4) is 0 Å². The molecular weight excluding hydrogens is 178 g/mol. The summed E-state index contributed by atoms with van der Waals surface area (Å²) in [6, 6.07) is 0. The molecule has 0 aliphatic carbocycles. The molecule has 0 bridgehead atoms. The van der Waals surface area contributed by atoms with Gasteiger partial charge in [0.1, 0.15) is 5.78 Å². The number of amides is 1. The molecule has 0 aliphatic rings. The highest BCUT2D eigenvalue weighted by molar-refractivity contribution is 5.81. The fraction of sp³-hybridized carbons (Fsp3) is 0.818. The van der Waals surface area contributed by atoms with E-state index in [2.05, 4.69) is 5.32 Å². The number of Topliss-reactive ketones (excluding diaryl/α,β-unsaturated/α-hetero) is 1. The molecule has 0 saturated carbocycles. The van der Waals surface area contributed by atoms with Gasteiger partial charge in [0.05, 0.1) is 0 Å². The Bertz CT molecular complexity index is 201. The Hall–Kier alpha value is -0.860. The van der Waals surface area contributed by atoms with E-state index in [4.69, 9.17) is 0 Å². The van der Waals surface area contributed by atoms with E-state index >= 15 is 0 Å². The van der Waals surface area contributed by atoms with Crippen molar-refractivity contribution in [2.24, 2.45) is 11.8 Å². The van der Waals surface area contributed by atoms with Crippen LogP contribution in [0.15, 0.2) is 0 Å². The maximum atomic E-state index is 11.4. The Morgan fingerprint density at radius 1 is 1.14 bits per heavy atom. The first-order valence-electron chi connectivity index (χ1n) is 5.28. The zero-order valence-corrected chi connectivity index (χ0v) is 9.59. The minimum Gasteiger partial charge on any atom is -0.359 e. The van der Waals surface area contributed by atoms with Gasteiger partial charge in [-0.15, -0.1) is 0 Å². The van der Waals surface area contributed by atoms with Crippen LogP contribution in [0.1, 0.15) is 40.0 Å². The van der Waals surface area contributed by atoms with E-state index in [1.165, 1.54) is 0 Å². The minimum absolute atomic E-state index is 0.0196. The molecule has 1 amide bonds. The van der Waals surface area contributed by atoms with Crippen LogP contribution in [0, 0.1) is 11.8 Å². The smallest absolute Gasteiger partial charge is 0.222 e. The predicted molar refractivity (Wildman–Crippen MR) is 56.9 cm³/mol. The molecule has 1 N–H and O–H groups in total. The van der Waals surface area contributed by atoms with Crippen molar-refractivity contribution in [3.63, 3.8) is 0 Å². The Balaban J connectivity index is 4.28. The first-order chi connectivity index (χ1) is 6.56. The fourth-order valence-corrected chi connectivity index (χ4v) is 1.63. The van der Waals surface area contributed by atoms with E-state index in [9.17, 15) is 9.59 Å². The number of carbonyl (C=O) groups is 2. The van der Waals surface area contributed by atoms with Crippen LogP contribution in [0.25, 0.3) is 0 Å². The highest BCUT2D eigenvalue weighted by Gasteiger charge is 2.21. The largest absolute Gasteiger partial charge is 0.359 e. The van der Waals surface area contributed by atoms with E-state index in [0.717, 1.165) is 12.8 Å². The van der Waals surface area contributed by atoms with Crippen molar-refractivity contribution >= 4 is 11.7 Å². The monoisotopic (exact) mass is 199 g/mol. The summed E-state index contributed by atoms with van der Waals surface area (Å²) < 4.78 is 0. The molecule has 0 aromatic heterocycles. The lowest BCUT2D eigenvalue weighted by Gasteiger charge is -2.18. The van der Waals surface area contributed by atoms with Crippen LogP contribution >= 0.6 is 0 Å². The highest BCUT2D eigenvalue weighted by atomic mass is 16.1. The zero-order valence-electron chi connectivity index (χ0n) is 9.59. The van der Waals surface area contributed by atoms with Crippen LogP contribution < -0.4 is 5.32 Å². The second-order valence-electron chi connectivity index (χ2n) is 3.67. The van der Waals surface area contributed by atoms with Crippen LogP contribution in [0.2, 0.25) is 0 Å². The van der Waals surface area contributed by atoms with E-state index in [-0.39, 0.29) is 23.5 Å². The fourth-order valence-electron chi connectivity index (χ4n) is 1.63. The SMILES string of the molecule is CCC(CC(CC)C(=O)NC)C(C)=O. The quantitative estimate of drug-likeness (QED) is 0.708. The number of hydrogen-bond acceptors (Lipinski definition) is 2. The van der Waals surface area contributed by atoms with Crippen molar-refractivity contribution < 1.29 is 9.59 Å². The molecule has 0 fully saturated rings. The maximum absolute atomic E-state index is 11.4. The first kappa shape index (κ1) is 13.1. The summed E-state index contributed by atoms with van der Waals surface area (Å²) in [5.41, 5.74) is 0.